The third-order valence-electron chi connectivity index (χ3n) is 4.74. The molecule has 1 saturated heterocycles. The van der Waals surface area contributed by atoms with E-state index in [9.17, 15) is 4.79 Å². The van der Waals surface area contributed by atoms with Crippen LogP contribution in [0.5, 0.6) is 11.5 Å². The van der Waals surface area contributed by atoms with Crippen molar-refractivity contribution in [2.75, 3.05) is 40.4 Å². The predicted octanol–water partition coefficient (Wildman–Crippen LogP) is 2.73. The number of piperidine rings is 1. The van der Waals surface area contributed by atoms with Crippen LogP contribution in [0, 0.1) is 11.8 Å². The fourth-order valence-electron chi connectivity index (χ4n) is 3.40. The molecule has 1 amide bonds. The second-order valence-corrected chi connectivity index (χ2v) is 7.20. The molecule has 0 saturated carbocycles. The molecule has 0 spiro atoms. The molecule has 5 nitrogen and oxygen atoms in total. The number of nitrogens with one attached hydrogen (secondary N) is 1. The molecule has 1 N–H and O–H groups in total. The van der Waals surface area contributed by atoms with E-state index in [1.807, 2.05) is 18.2 Å². The van der Waals surface area contributed by atoms with Gasteiger partial charge in [-0.05, 0) is 56.0 Å². The van der Waals surface area contributed by atoms with Crippen LogP contribution in [-0.2, 0) is 11.2 Å². The summed E-state index contributed by atoms with van der Waals surface area (Å²) in [5.41, 5.74) is 1.13. The van der Waals surface area contributed by atoms with E-state index in [1.54, 1.807) is 14.2 Å². The minimum absolute atomic E-state index is 0.161. The standard InChI is InChI=1S/C20H32N2O3/c1-15(2)14-22-11-8-17(9-12-22)20(23)21-10-7-16-5-6-18(24-3)19(13-16)25-4/h5-6,13,15,17H,7-12,14H2,1-4H3,(H,21,23). The van der Waals surface area contributed by atoms with Gasteiger partial charge in [0.1, 0.15) is 0 Å². The Morgan fingerprint density at radius 2 is 1.88 bits per heavy atom. The summed E-state index contributed by atoms with van der Waals surface area (Å²) in [6, 6.07) is 5.88. The van der Waals surface area contributed by atoms with Gasteiger partial charge in [-0.25, -0.2) is 0 Å². The molecule has 2 rings (SSSR count). The van der Waals surface area contributed by atoms with Crippen LogP contribution >= 0.6 is 0 Å². The molecule has 0 radical (unpaired) electrons. The van der Waals surface area contributed by atoms with E-state index in [0.717, 1.165) is 56.0 Å². The van der Waals surface area contributed by atoms with Crippen LogP contribution in [-0.4, -0.2) is 51.2 Å². The van der Waals surface area contributed by atoms with Crippen LogP contribution in [0.25, 0.3) is 0 Å². The highest BCUT2D eigenvalue weighted by Gasteiger charge is 2.24. The highest BCUT2D eigenvalue weighted by Crippen LogP contribution is 2.27. The van der Waals surface area contributed by atoms with E-state index in [1.165, 1.54) is 0 Å². The number of carbonyl (C=O) groups excluding carboxylic acids is 1. The molecule has 1 aliphatic rings. The topological polar surface area (TPSA) is 50.8 Å². The molecule has 1 aromatic rings. The number of ether oxygens (including phenoxy) is 2. The Hall–Kier alpha value is -1.75. The number of methoxy groups -OCH3 is 2. The first kappa shape index (κ1) is 19.6. The molecule has 5 heteroatoms. The van der Waals surface area contributed by atoms with E-state index in [0.29, 0.717) is 12.5 Å². The first-order chi connectivity index (χ1) is 12.0. The highest BCUT2D eigenvalue weighted by molar-refractivity contribution is 5.78. The molecular formula is C20H32N2O3. The average Bonchev–Trinajstić information content (AvgIpc) is 2.61. The van der Waals surface area contributed by atoms with Crippen molar-refractivity contribution in [3.8, 4) is 11.5 Å². The van der Waals surface area contributed by atoms with Gasteiger partial charge >= 0.3 is 0 Å². The zero-order valence-electron chi connectivity index (χ0n) is 16.0. The Bertz CT molecular complexity index is 552. The van der Waals surface area contributed by atoms with Crippen LogP contribution in [0.3, 0.4) is 0 Å². The first-order valence-electron chi connectivity index (χ1n) is 9.24. The van der Waals surface area contributed by atoms with Crippen LogP contribution < -0.4 is 14.8 Å². The molecule has 1 fully saturated rings. The molecule has 25 heavy (non-hydrogen) atoms. The minimum Gasteiger partial charge on any atom is -0.493 e. The SMILES string of the molecule is COc1ccc(CCNC(=O)C2CCN(CC(C)C)CC2)cc1OC. The van der Waals surface area contributed by atoms with Gasteiger partial charge in [-0.1, -0.05) is 19.9 Å². The van der Waals surface area contributed by atoms with E-state index in [4.69, 9.17) is 9.47 Å². The molecule has 1 heterocycles. The van der Waals surface area contributed by atoms with Crippen molar-refractivity contribution in [2.45, 2.75) is 33.1 Å². The van der Waals surface area contributed by atoms with Crippen LogP contribution in [0.2, 0.25) is 0 Å². The number of carbonyl (C=O) groups is 1. The maximum Gasteiger partial charge on any atom is 0.223 e. The van der Waals surface area contributed by atoms with Crippen molar-refractivity contribution < 1.29 is 14.3 Å². The van der Waals surface area contributed by atoms with Crippen LogP contribution in [0.15, 0.2) is 18.2 Å². The number of rotatable bonds is 8. The quantitative estimate of drug-likeness (QED) is 0.785. The molecule has 1 aromatic carbocycles. The fraction of sp³-hybridized carbons (Fsp3) is 0.650. The van der Waals surface area contributed by atoms with Gasteiger partial charge < -0.3 is 19.7 Å². The maximum atomic E-state index is 12.4. The van der Waals surface area contributed by atoms with Gasteiger partial charge in [0.15, 0.2) is 11.5 Å². The summed E-state index contributed by atoms with van der Waals surface area (Å²) in [6.07, 6.45) is 2.72. The molecule has 0 bridgehead atoms. The van der Waals surface area contributed by atoms with Crippen molar-refractivity contribution in [3.63, 3.8) is 0 Å². The molecular weight excluding hydrogens is 316 g/mol. The Kier molecular flexibility index (Phi) is 7.56. The van der Waals surface area contributed by atoms with Gasteiger partial charge in [0.2, 0.25) is 5.91 Å². The fourth-order valence-corrected chi connectivity index (χ4v) is 3.40. The number of nitrogens with zero attached hydrogens (tertiary/aromatic N) is 1. The number of hydrogen-bond acceptors (Lipinski definition) is 4. The molecule has 140 valence electrons. The molecule has 0 unspecified atom stereocenters. The molecule has 0 atom stereocenters. The summed E-state index contributed by atoms with van der Waals surface area (Å²) in [5, 5.41) is 3.09. The second kappa shape index (κ2) is 9.66. The summed E-state index contributed by atoms with van der Waals surface area (Å²) >= 11 is 0. The van der Waals surface area contributed by atoms with Gasteiger partial charge in [0, 0.05) is 19.0 Å². The second-order valence-electron chi connectivity index (χ2n) is 7.20. The number of amides is 1. The van der Waals surface area contributed by atoms with Crippen molar-refractivity contribution >= 4 is 5.91 Å². The van der Waals surface area contributed by atoms with Crippen molar-refractivity contribution in [3.05, 3.63) is 23.8 Å². The summed E-state index contributed by atoms with van der Waals surface area (Å²) in [4.78, 5) is 14.8. The third-order valence-corrected chi connectivity index (χ3v) is 4.74. The van der Waals surface area contributed by atoms with E-state index < -0.39 is 0 Å². The zero-order valence-corrected chi connectivity index (χ0v) is 16.0. The lowest BCUT2D eigenvalue weighted by molar-refractivity contribution is -0.126. The lowest BCUT2D eigenvalue weighted by Crippen LogP contribution is -2.42. The lowest BCUT2D eigenvalue weighted by atomic mass is 9.95. The molecule has 0 aliphatic carbocycles. The Labute approximate surface area is 151 Å². The minimum atomic E-state index is 0.161. The Morgan fingerprint density at radius 1 is 1.20 bits per heavy atom. The van der Waals surface area contributed by atoms with Crippen LogP contribution in [0.1, 0.15) is 32.3 Å². The summed E-state index contributed by atoms with van der Waals surface area (Å²) < 4.78 is 10.6. The smallest absolute Gasteiger partial charge is 0.223 e. The maximum absolute atomic E-state index is 12.4. The monoisotopic (exact) mass is 348 g/mol. The normalized spacial score (nSPS) is 16.0. The van der Waals surface area contributed by atoms with E-state index >= 15 is 0 Å². The number of hydrogen-bond donors (Lipinski definition) is 1. The highest BCUT2D eigenvalue weighted by atomic mass is 16.5. The first-order valence-corrected chi connectivity index (χ1v) is 9.24. The van der Waals surface area contributed by atoms with E-state index in [-0.39, 0.29) is 11.8 Å². The van der Waals surface area contributed by atoms with Crippen molar-refractivity contribution in [1.29, 1.82) is 0 Å². The van der Waals surface area contributed by atoms with Gasteiger partial charge in [0.25, 0.3) is 0 Å². The van der Waals surface area contributed by atoms with Gasteiger partial charge in [0.05, 0.1) is 14.2 Å². The Balaban J connectivity index is 1.74. The zero-order chi connectivity index (χ0) is 18.2. The largest absolute Gasteiger partial charge is 0.493 e. The number of benzene rings is 1. The predicted molar refractivity (Wildman–Crippen MR) is 100 cm³/mol. The molecule has 1 aliphatic heterocycles. The Morgan fingerprint density at radius 3 is 2.48 bits per heavy atom. The summed E-state index contributed by atoms with van der Waals surface area (Å²) in [5.74, 6) is 2.50. The average molecular weight is 348 g/mol. The van der Waals surface area contributed by atoms with Crippen molar-refractivity contribution in [1.82, 2.24) is 10.2 Å². The third kappa shape index (κ3) is 5.92. The summed E-state index contributed by atoms with van der Waals surface area (Å²) in [6.45, 7) is 8.34. The number of likely N-dealkylation sites (tertiary alicyclic amines) is 1. The van der Waals surface area contributed by atoms with Gasteiger partial charge in [-0.15, -0.1) is 0 Å². The van der Waals surface area contributed by atoms with Crippen molar-refractivity contribution in [2.24, 2.45) is 11.8 Å². The lowest BCUT2D eigenvalue weighted by Gasteiger charge is -2.32. The molecule has 0 aromatic heterocycles. The summed E-state index contributed by atoms with van der Waals surface area (Å²) in [7, 11) is 3.26. The van der Waals surface area contributed by atoms with Gasteiger partial charge in [-0.2, -0.15) is 0 Å². The van der Waals surface area contributed by atoms with E-state index in [2.05, 4.69) is 24.1 Å². The van der Waals surface area contributed by atoms with Crippen LogP contribution in [0.4, 0.5) is 0 Å². The van der Waals surface area contributed by atoms with Gasteiger partial charge in [-0.3, -0.25) is 4.79 Å².